The molecule has 4 atom stereocenters. The van der Waals surface area contributed by atoms with Crippen molar-refractivity contribution >= 4 is 34.7 Å². The Kier molecular flexibility index (Phi) is 6.00. The maximum Gasteiger partial charge on any atom is 0.328 e. The van der Waals surface area contributed by atoms with Gasteiger partial charge < -0.3 is 9.80 Å². The van der Waals surface area contributed by atoms with Crippen LogP contribution in [0.2, 0.25) is 0 Å². The summed E-state index contributed by atoms with van der Waals surface area (Å²) in [5, 5.41) is 2.01. The molecule has 4 unspecified atom stereocenters. The number of rotatable bonds is 5. The molecule has 0 radical (unpaired) electrons. The maximum absolute atomic E-state index is 14.0. The van der Waals surface area contributed by atoms with Crippen LogP contribution in [0.4, 0.5) is 10.5 Å². The monoisotopic (exact) mass is 479 g/mol. The lowest BCUT2D eigenvalue weighted by Crippen LogP contribution is -2.44. The summed E-state index contributed by atoms with van der Waals surface area (Å²) in [6.45, 7) is 3.64. The number of nitrogens with zero attached hydrogens (tertiary/aromatic N) is 3. The first-order valence-corrected chi connectivity index (χ1v) is 13.2. The van der Waals surface area contributed by atoms with Crippen molar-refractivity contribution < 1.29 is 14.4 Å². The van der Waals surface area contributed by atoms with E-state index in [1.807, 2.05) is 61.6 Å². The van der Waals surface area contributed by atoms with Crippen LogP contribution in [0.5, 0.6) is 0 Å². The number of hydrogen-bond acceptors (Lipinski definition) is 5. The molecule has 3 amide bonds. The molecule has 3 fully saturated rings. The average molecular weight is 480 g/mol. The van der Waals surface area contributed by atoms with E-state index in [2.05, 4.69) is 0 Å². The SMILES string of the molecule is CC(=O)C1C(c2ccc(N(C)C)cc2)C2C(=O)N(C3CCCCC3)C(=O)N2C1c1sccc1C. The number of Topliss-reactive ketones (excluding diaryl/α,β-unsaturated/α-hetero) is 1. The first-order valence-electron chi connectivity index (χ1n) is 12.3. The first-order chi connectivity index (χ1) is 16.3. The lowest BCUT2D eigenvalue weighted by atomic mass is 9.78. The third kappa shape index (κ3) is 3.56. The Morgan fingerprint density at radius 3 is 2.24 bits per heavy atom. The lowest BCUT2D eigenvalue weighted by Gasteiger charge is -2.32. The second kappa shape index (κ2) is 8.84. The number of fused-ring (bicyclic) bond motifs is 1. The van der Waals surface area contributed by atoms with E-state index in [0.717, 1.165) is 53.8 Å². The van der Waals surface area contributed by atoms with Crippen LogP contribution in [0.1, 0.15) is 67.0 Å². The van der Waals surface area contributed by atoms with Gasteiger partial charge in [0.15, 0.2) is 0 Å². The van der Waals surface area contributed by atoms with Crippen molar-refractivity contribution in [1.29, 1.82) is 0 Å². The molecule has 7 heteroatoms. The molecule has 1 aromatic heterocycles. The van der Waals surface area contributed by atoms with Crippen LogP contribution in [0.15, 0.2) is 35.7 Å². The molecule has 1 aromatic carbocycles. The molecule has 0 N–H and O–H groups in total. The Balaban J connectivity index is 1.63. The highest BCUT2D eigenvalue weighted by Gasteiger charge is 2.63. The molecule has 5 rings (SSSR count). The van der Waals surface area contributed by atoms with Gasteiger partial charge in [0, 0.05) is 36.6 Å². The van der Waals surface area contributed by atoms with Crippen LogP contribution >= 0.6 is 11.3 Å². The fourth-order valence-corrected chi connectivity index (χ4v) is 7.37. The third-order valence-corrected chi connectivity index (χ3v) is 9.05. The van der Waals surface area contributed by atoms with Crippen molar-refractivity contribution in [2.24, 2.45) is 5.92 Å². The van der Waals surface area contributed by atoms with Crippen LogP contribution in [-0.4, -0.2) is 53.7 Å². The molecule has 6 nitrogen and oxygen atoms in total. The molecule has 3 heterocycles. The maximum atomic E-state index is 14.0. The van der Waals surface area contributed by atoms with Crippen LogP contribution in [0.3, 0.4) is 0 Å². The summed E-state index contributed by atoms with van der Waals surface area (Å²) in [5.41, 5.74) is 3.07. The number of ketones is 1. The molecule has 180 valence electrons. The standard InChI is InChI=1S/C27H33N3O3S/c1-16-14-15-34-25(16)23-21(17(2)31)22(18-10-12-19(13-11-18)28(3)4)24-26(32)29(27(33)30(23)24)20-8-6-5-7-9-20/h10-15,20-24H,5-9H2,1-4H3. The molecule has 2 aliphatic heterocycles. The zero-order chi connectivity index (χ0) is 24.1. The largest absolute Gasteiger partial charge is 0.378 e. The van der Waals surface area contributed by atoms with E-state index in [9.17, 15) is 14.4 Å². The van der Waals surface area contributed by atoms with Gasteiger partial charge in [0.05, 0.1) is 12.0 Å². The summed E-state index contributed by atoms with van der Waals surface area (Å²) >= 11 is 1.58. The molecule has 0 bridgehead atoms. The fraction of sp³-hybridized carbons (Fsp3) is 0.519. The van der Waals surface area contributed by atoms with Gasteiger partial charge in [0.25, 0.3) is 5.91 Å². The van der Waals surface area contributed by atoms with Crippen molar-refractivity contribution in [3.63, 3.8) is 0 Å². The van der Waals surface area contributed by atoms with Crippen LogP contribution in [-0.2, 0) is 9.59 Å². The van der Waals surface area contributed by atoms with Gasteiger partial charge in [-0.05, 0) is 61.4 Å². The Morgan fingerprint density at radius 1 is 1.00 bits per heavy atom. The first kappa shape index (κ1) is 23.1. The van der Waals surface area contributed by atoms with Crippen molar-refractivity contribution in [3.8, 4) is 0 Å². The van der Waals surface area contributed by atoms with Crippen molar-refractivity contribution in [1.82, 2.24) is 9.80 Å². The number of amides is 3. The highest BCUT2D eigenvalue weighted by Crippen LogP contribution is 2.55. The van der Waals surface area contributed by atoms with Gasteiger partial charge >= 0.3 is 6.03 Å². The number of thiophene rings is 1. The molecule has 2 aromatic rings. The van der Waals surface area contributed by atoms with Gasteiger partial charge in [0.1, 0.15) is 11.8 Å². The molecule has 34 heavy (non-hydrogen) atoms. The molecular formula is C27H33N3O3S. The zero-order valence-corrected chi connectivity index (χ0v) is 21.2. The second-order valence-electron chi connectivity index (χ2n) is 10.2. The van der Waals surface area contributed by atoms with Gasteiger partial charge in [-0.2, -0.15) is 0 Å². The number of benzene rings is 1. The van der Waals surface area contributed by atoms with Gasteiger partial charge in [-0.1, -0.05) is 31.4 Å². The van der Waals surface area contributed by atoms with E-state index in [1.165, 1.54) is 0 Å². The highest BCUT2D eigenvalue weighted by atomic mass is 32.1. The molecule has 3 aliphatic rings. The van der Waals surface area contributed by atoms with Crippen LogP contribution in [0, 0.1) is 12.8 Å². The molecule has 0 spiro atoms. The normalized spacial score (nSPS) is 27.4. The zero-order valence-electron chi connectivity index (χ0n) is 20.4. The Hall–Kier alpha value is -2.67. The Bertz CT molecular complexity index is 1100. The minimum atomic E-state index is -0.639. The lowest BCUT2D eigenvalue weighted by molar-refractivity contribution is -0.130. The summed E-state index contributed by atoms with van der Waals surface area (Å²) in [4.78, 5) is 47.4. The van der Waals surface area contributed by atoms with Crippen LogP contribution < -0.4 is 4.90 Å². The van der Waals surface area contributed by atoms with E-state index in [4.69, 9.17) is 0 Å². The number of imide groups is 1. The highest BCUT2D eigenvalue weighted by molar-refractivity contribution is 7.10. The summed E-state index contributed by atoms with van der Waals surface area (Å²) in [7, 11) is 3.98. The Morgan fingerprint density at radius 2 is 1.68 bits per heavy atom. The molecule has 1 aliphatic carbocycles. The Labute approximate surface area is 205 Å². The molecular weight excluding hydrogens is 446 g/mol. The van der Waals surface area contributed by atoms with Gasteiger partial charge in [-0.3, -0.25) is 14.5 Å². The van der Waals surface area contributed by atoms with Crippen molar-refractivity contribution in [3.05, 3.63) is 51.7 Å². The van der Waals surface area contributed by atoms with E-state index >= 15 is 0 Å². The fourth-order valence-electron chi connectivity index (χ4n) is 6.30. The second-order valence-corrected chi connectivity index (χ2v) is 11.1. The number of hydrogen-bond donors (Lipinski definition) is 0. The van der Waals surface area contributed by atoms with Crippen molar-refractivity contribution in [2.75, 3.05) is 19.0 Å². The van der Waals surface area contributed by atoms with E-state index in [1.54, 1.807) is 28.1 Å². The molecule has 1 saturated carbocycles. The summed E-state index contributed by atoms with van der Waals surface area (Å²) in [6, 6.07) is 8.85. The number of carbonyl (C=O) groups excluding carboxylic acids is 3. The summed E-state index contributed by atoms with van der Waals surface area (Å²) < 4.78 is 0. The van der Waals surface area contributed by atoms with E-state index in [-0.39, 0.29) is 29.7 Å². The van der Waals surface area contributed by atoms with E-state index in [0.29, 0.717) is 0 Å². The minimum Gasteiger partial charge on any atom is -0.378 e. The number of carbonyl (C=O) groups is 3. The predicted molar refractivity (Wildman–Crippen MR) is 134 cm³/mol. The quantitative estimate of drug-likeness (QED) is 0.558. The van der Waals surface area contributed by atoms with E-state index < -0.39 is 18.0 Å². The molecule has 2 saturated heterocycles. The average Bonchev–Trinajstić information content (AvgIpc) is 3.47. The van der Waals surface area contributed by atoms with Crippen molar-refractivity contribution in [2.45, 2.75) is 70.0 Å². The smallest absolute Gasteiger partial charge is 0.328 e. The van der Waals surface area contributed by atoms with Gasteiger partial charge in [0.2, 0.25) is 0 Å². The predicted octanol–water partition coefficient (Wildman–Crippen LogP) is 5.13. The third-order valence-electron chi connectivity index (χ3n) is 7.96. The number of aryl methyl sites for hydroxylation is 1. The summed E-state index contributed by atoms with van der Waals surface area (Å²) in [5.74, 6) is -0.903. The van der Waals surface area contributed by atoms with Gasteiger partial charge in [-0.25, -0.2) is 4.79 Å². The minimum absolute atomic E-state index is 0.0266. The number of urea groups is 1. The summed E-state index contributed by atoms with van der Waals surface area (Å²) in [6.07, 6.45) is 5.00. The van der Waals surface area contributed by atoms with Crippen LogP contribution in [0.25, 0.3) is 0 Å². The number of anilines is 1. The topological polar surface area (TPSA) is 60.9 Å². The van der Waals surface area contributed by atoms with Gasteiger partial charge in [-0.15, -0.1) is 11.3 Å².